The topological polar surface area (TPSA) is 62.0 Å². The van der Waals surface area contributed by atoms with Crippen molar-refractivity contribution in [2.24, 2.45) is 0 Å². The zero-order chi connectivity index (χ0) is 15.5. The summed E-state index contributed by atoms with van der Waals surface area (Å²) in [5, 5.41) is 3.51. The number of fused-ring (bicyclic) bond motifs is 1. The molecule has 0 radical (unpaired) electrons. The van der Waals surface area contributed by atoms with Gasteiger partial charge in [0.25, 0.3) is 11.7 Å². The molecule has 3 aromatic rings. The second kappa shape index (κ2) is 5.85. The van der Waals surface area contributed by atoms with Crippen molar-refractivity contribution in [2.45, 2.75) is 13.0 Å². The first-order chi connectivity index (χ1) is 10.7. The number of rotatable bonds is 4. The molecule has 3 rings (SSSR count). The van der Waals surface area contributed by atoms with Crippen LogP contribution < -0.4 is 5.32 Å². The van der Waals surface area contributed by atoms with Crippen LogP contribution >= 0.6 is 0 Å². The predicted molar refractivity (Wildman–Crippen MR) is 85.6 cm³/mol. The van der Waals surface area contributed by atoms with Crippen LogP contribution in [-0.2, 0) is 4.79 Å². The van der Waals surface area contributed by atoms with Crippen molar-refractivity contribution in [3.63, 3.8) is 0 Å². The lowest BCUT2D eigenvalue weighted by atomic mass is 10.1. The number of aromatic nitrogens is 1. The predicted octanol–water partition coefficient (Wildman–Crippen LogP) is 3.23. The number of hydrogen-bond donors (Lipinski definition) is 2. The molecule has 2 aromatic carbocycles. The average Bonchev–Trinajstić information content (AvgIpc) is 2.99. The van der Waals surface area contributed by atoms with Gasteiger partial charge in [-0.15, -0.1) is 0 Å². The molecule has 1 aromatic heterocycles. The Labute approximate surface area is 128 Å². The Hall–Kier alpha value is -2.88. The molecule has 2 N–H and O–H groups in total. The largest absolute Gasteiger partial charge is 0.360 e. The van der Waals surface area contributed by atoms with Crippen LogP contribution in [-0.4, -0.2) is 16.7 Å². The van der Waals surface area contributed by atoms with Gasteiger partial charge in [0.1, 0.15) is 0 Å². The standard InChI is InChI=1S/C18H16N2O2/c1-12(13-7-3-2-4-8-13)20-18(22)17(21)15-11-19-16-10-6-5-9-14(15)16/h2-12,19H,1H3,(H,20,22)/t12-/m0/s1. The maximum absolute atomic E-state index is 12.4. The highest BCUT2D eigenvalue weighted by molar-refractivity contribution is 6.45. The summed E-state index contributed by atoms with van der Waals surface area (Å²) in [4.78, 5) is 27.6. The molecule has 0 saturated heterocycles. The van der Waals surface area contributed by atoms with Gasteiger partial charge in [0.05, 0.1) is 11.6 Å². The smallest absolute Gasteiger partial charge is 0.292 e. The van der Waals surface area contributed by atoms with Crippen LogP contribution in [0.5, 0.6) is 0 Å². The van der Waals surface area contributed by atoms with Gasteiger partial charge in [-0.3, -0.25) is 9.59 Å². The van der Waals surface area contributed by atoms with E-state index in [0.717, 1.165) is 16.5 Å². The molecule has 4 nitrogen and oxygen atoms in total. The second-order valence-electron chi connectivity index (χ2n) is 5.18. The lowest BCUT2D eigenvalue weighted by molar-refractivity contribution is -0.117. The van der Waals surface area contributed by atoms with E-state index in [0.29, 0.717) is 5.56 Å². The normalized spacial score (nSPS) is 12.0. The fourth-order valence-electron chi connectivity index (χ4n) is 2.47. The van der Waals surface area contributed by atoms with Crippen LogP contribution in [0.4, 0.5) is 0 Å². The Morgan fingerprint density at radius 3 is 2.45 bits per heavy atom. The summed E-state index contributed by atoms with van der Waals surface area (Å²) in [5.41, 5.74) is 2.20. The van der Waals surface area contributed by atoms with Crippen LogP contribution in [0.1, 0.15) is 28.9 Å². The summed E-state index contributed by atoms with van der Waals surface area (Å²) in [6.45, 7) is 1.86. The molecule has 0 aliphatic heterocycles. The quantitative estimate of drug-likeness (QED) is 0.573. The molecule has 1 heterocycles. The molecule has 0 saturated carbocycles. The van der Waals surface area contributed by atoms with Crippen LogP contribution in [0.2, 0.25) is 0 Å². The van der Waals surface area contributed by atoms with Crippen molar-refractivity contribution in [1.82, 2.24) is 10.3 Å². The number of carbonyl (C=O) groups is 2. The van der Waals surface area contributed by atoms with E-state index in [1.807, 2.05) is 61.5 Å². The van der Waals surface area contributed by atoms with Crippen molar-refractivity contribution >= 4 is 22.6 Å². The summed E-state index contributed by atoms with van der Waals surface area (Å²) in [6.07, 6.45) is 1.58. The molecule has 4 heteroatoms. The Morgan fingerprint density at radius 1 is 1.00 bits per heavy atom. The lowest BCUT2D eigenvalue weighted by Crippen LogP contribution is -2.33. The molecule has 0 aliphatic rings. The maximum atomic E-state index is 12.4. The van der Waals surface area contributed by atoms with Crippen molar-refractivity contribution in [3.8, 4) is 0 Å². The fraction of sp³-hybridized carbons (Fsp3) is 0.111. The molecule has 1 atom stereocenters. The molecule has 0 fully saturated rings. The van der Waals surface area contributed by atoms with E-state index in [4.69, 9.17) is 0 Å². The van der Waals surface area contributed by atoms with E-state index in [9.17, 15) is 9.59 Å². The number of para-hydroxylation sites is 1. The number of H-pyrrole nitrogens is 1. The molecule has 0 bridgehead atoms. The first-order valence-electron chi connectivity index (χ1n) is 7.13. The van der Waals surface area contributed by atoms with Crippen LogP contribution in [0.15, 0.2) is 60.8 Å². The summed E-state index contributed by atoms with van der Waals surface area (Å²) in [5.74, 6) is -1.12. The van der Waals surface area contributed by atoms with Gasteiger partial charge in [0.15, 0.2) is 0 Å². The third kappa shape index (κ3) is 2.63. The van der Waals surface area contributed by atoms with Gasteiger partial charge >= 0.3 is 0 Å². The van der Waals surface area contributed by atoms with Crippen LogP contribution in [0.3, 0.4) is 0 Å². The Kier molecular flexibility index (Phi) is 3.74. The molecule has 0 spiro atoms. The van der Waals surface area contributed by atoms with E-state index in [1.54, 1.807) is 6.20 Å². The molecular weight excluding hydrogens is 276 g/mol. The first-order valence-corrected chi connectivity index (χ1v) is 7.13. The molecular formula is C18H16N2O2. The summed E-state index contributed by atoms with van der Waals surface area (Å²) in [6, 6.07) is 16.8. The third-order valence-corrected chi connectivity index (χ3v) is 3.69. The van der Waals surface area contributed by atoms with Crippen molar-refractivity contribution < 1.29 is 9.59 Å². The van der Waals surface area contributed by atoms with Gasteiger partial charge in [-0.25, -0.2) is 0 Å². The molecule has 0 aliphatic carbocycles. The highest BCUT2D eigenvalue weighted by Crippen LogP contribution is 2.19. The molecule has 22 heavy (non-hydrogen) atoms. The highest BCUT2D eigenvalue weighted by Gasteiger charge is 2.21. The highest BCUT2D eigenvalue weighted by atomic mass is 16.2. The Balaban J connectivity index is 1.79. The average molecular weight is 292 g/mol. The molecule has 1 amide bonds. The van der Waals surface area contributed by atoms with Gasteiger partial charge < -0.3 is 10.3 Å². The van der Waals surface area contributed by atoms with Crippen LogP contribution in [0, 0.1) is 0 Å². The number of nitrogens with one attached hydrogen (secondary N) is 2. The minimum absolute atomic E-state index is 0.220. The van der Waals surface area contributed by atoms with E-state index in [-0.39, 0.29) is 6.04 Å². The number of amides is 1. The van der Waals surface area contributed by atoms with Crippen molar-refractivity contribution in [1.29, 1.82) is 0 Å². The zero-order valence-corrected chi connectivity index (χ0v) is 12.2. The Morgan fingerprint density at radius 2 is 1.68 bits per heavy atom. The summed E-state index contributed by atoms with van der Waals surface area (Å²) >= 11 is 0. The zero-order valence-electron chi connectivity index (χ0n) is 12.2. The minimum atomic E-state index is -0.596. The van der Waals surface area contributed by atoms with Gasteiger partial charge in [-0.05, 0) is 18.6 Å². The molecule has 110 valence electrons. The summed E-state index contributed by atoms with van der Waals surface area (Å²) < 4.78 is 0. The maximum Gasteiger partial charge on any atom is 0.292 e. The SMILES string of the molecule is C[C@H](NC(=O)C(=O)c1c[nH]c2ccccc12)c1ccccc1. The minimum Gasteiger partial charge on any atom is -0.360 e. The number of benzene rings is 2. The number of aromatic amines is 1. The lowest BCUT2D eigenvalue weighted by Gasteiger charge is -2.13. The summed E-state index contributed by atoms with van der Waals surface area (Å²) in [7, 11) is 0. The van der Waals surface area contributed by atoms with Crippen molar-refractivity contribution in [3.05, 3.63) is 71.9 Å². The van der Waals surface area contributed by atoms with E-state index in [1.165, 1.54) is 0 Å². The van der Waals surface area contributed by atoms with Gasteiger partial charge in [-0.2, -0.15) is 0 Å². The number of ketones is 1. The monoisotopic (exact) mass is 292 g/mol. The van der Waals surface area contributed by atoms with Gasteiger partial charge in [0.2, 0.25) is 0 Å². The van der Waals surface area contributed by atoms with Gasteiger partial charge in [-0.1, -0.05) is 48.5 Å². The Bertz CT molecular complexity index is 821. The van der Waals surface area contributed by atoms with E-state index in [2.05, 4.69) is 10.3 Å². The second-order valence-corrected chi connectivity index (χ2v) is 5.18. The van der Waals surface area contributed by atoms with Crippen LogP contribution in [0.25, 0.3) is 10.9 Å². The first kappa shape index (κ1) is 14.1. The third-order valence-electron chi connectivity index (χ3n) is 3.69. The van der Waals surface area contributed by atoms with Gasteiger partial charge in [0, 0.05) is 17.1 Å². The number of hydrogen-bond acceptors (Lipinski definition) is 2. The van der Waals surface area contributed by atoms with Crippen molar-refractivity contribution in [2.75, 3.05) is 0 Å². The number of carbonyl (C=O) groups excluding carboxylic acids is 2. The van der Waals surface area contributed by atoms with E-state index >= 15 is 0 Å². The van der Waals surface area contributed by atoms with E-state index < -0.39 is 11.7 Å². The fourth-order valence-corrected chi connectivity index (χ4v) is 2.47. The molecule has 0 unspecified atom stereocenters. The number of Topliss-reactive ketones (excluding diaryl/α,β-unsaturated/α-hetero) is 1.